The van der Waals surface area contributed by atoms with Crippen molar-refractivity contribution in [2.45, 2.75) is 13.8 Å². The summed E-state index contributed by atoms with van der Waals surface area (Å²) in [7, 11) is 0. The number of hydrogen-bond acceptors (Lipinski definition) is 4. The highest BCUT2D eigenvalue weighted by molar-refractivity contribution is 6.39. The van der Waals surface area contributed by atoms with E-state index >= 15 is 0 Å². The van der Waals surface area contributed by atoms with E-state index in [2.05, 4.69) is 21.2 Å². The molecule has 6 nitrogen and oxygen atoms in total. The Bertz CT molecular complexity index is 1100. The van der Waals surface area contributed by atoms with Gasteiger partial charge >= 0.3 is 11.8 Å². The molecule has 0 saturated carbocycles. The van der Waals surface area contributed by atoms with E-state index in [1.807, 2.05) is 44.2 Å². The van der Waals surface area contributed by atoms with Gasteiger partial charge in [0.25, 0.3) is 0 Å². The van der Waals surface area contributed by atoms with E-state index in [1.165, 1.54) is 6.21 Å². The van der Waals surface area contributed by atoms with Crippen molar-refractivity contribution in [2.24, 2.45) is 5.10 Å². The zero-order chi connectivity index (χ0) is 21.5. The fourth-order valence-electron chi connectivity index (χ4n) is 2.69. The van der Waals surface area contributed by atoms with Crippen molar-refractivity contribution in [2.75, 3.05) is 10.6 Å². The van der Waals surface area contributed by atoms with Gasteiger partial charge in [0.2, 0.25) is 0 Å². The quantitative estimate of drug-likeness (QED) is 0.315. The number of hydrazone groups is 1. The van der Waals surface area contributed by atoms with Gasteiger partial charge < -0.3 is 10.6 Å². The highest BCUT2D eigenvalue weighted by Gasteiger charge is 2.12. The zero-order valence-electron chi connectivity index (χ0n) is 16.6. The lowest BCUT2D eigenvalue weighted by Crippen LogP contribution is -2.32. The number of halogens is 1. The fraction of sp³-hybridized carbons (Fsp3) is 0.0870. The molecule has 7 heteroatoms. The molecule has 3 aromatic carbocycles. The van der Waals surface area contributed by atoms with E-state index in [0.717, 1.165) is 22.5 Å². The molecule has 3 N–H and O–H groups in total. The van der Waals surface area contributed by atoms with Crippen LogP contribution in [0.25, 0.3) is 0 Å². The van der Waals surface area contributed by atoms with Crippen LogP contribution in [-0.2, 0) is 9.59 Å². The second-order valence-electron chi connectivity index (χ2n) is 6.69. The second-order valence-corrected chi connectivity index (χ2v) is 7.13. The Hall–Kier alpha value is -3.64. The molecule has 0 aromatic heterocycles. The van der Waals surface area contributed by atoms with Gasteiger partial charge in [-0.05, 0) is 61.4 Å². The maximum atomic E-state index is 12.0. The number of nitrogens with zero attached hydrogens (tertiary/aromatic N) is 1. The molecule has 0 atom stereocenters. The Balaban J connectivity index is 1.70. The first-order valence-electron chi connectivity index (χ1n) is 9.25. The van der Waals surface area contributed by atoms with Crippen molar-refractivity contribution in [3.05, 3.63) is 88.4 Å². The molecule has 0 aliphatic heterocycles. The molecule has 0 aliphatic rings. The van der Waals surface area contributed by atoms with Crippen molar-refractivity contribution < 1.29 is 9.59 Å². The van der Waals surface area contributed by atoms with Crippen molar-refractivity contribution in [3.8, 4) is 0 Å². The smallest absolute Gasteiger partial charge is 0.329 e. The van der Waals surface area contributed by atoms with Gasteiger partial charge in [-0.1, -0.05) is 41.9 Å². The van der Waals surface area contributed by atoms with Crippen LogP contribution in [0, 0.1) is 13.8 Å². The lowest BCUT2D eigenvalue weighted by atomic mass is 10.1. The largest absolute Gasteiger partial charge is 0.355 e. The number of nitrogens with one attached hydrogen (secondary N) is 3. The predicted octanol–water partition coefficient (Wildman–Crippen LogP) is 4.79. The molecule has 0 heterocycles. The van der Waals surface area contributed by atoms with Crippen LogP contribution in [-0.4, -0.2) is 18.0 Å². The standard InChI is InChI=1S/C23H21ClN4O2/c1-15-8-9-16(2)21(12-15)27-20-11-10-18(24)13-17(20)14-25-28-23(30)22(29)26-19-6-4-3-5-7-19/h3-14,27H,1-2H3,(H,26,29)(H,28,30)/b25-14-. The number of carbonyl (C=O) groups excluding carboxylic acids is 2. The average molecular weight is 421 g/mol. The Kier molecular flexibility index (Phi) is 6.83. The van der Waals surface area contributed by atoms with Gasteiger partial charge in [0.1, 0.15) is 0 Å². The van der Waals surface area contributed by atoms with Crippen molar-refractivity contribution in [1.82, 2.24) is 5.43 Å². The average Bonchev–Trinajstić information content (AvgIpc) is 2.73. The number of hydrogen-bond donors (Lipinski definition) is 3. The van der Waals surface area contributed by atoms with Crippen LogP contribution in [0.15, 0.2) is 71.8 Å². The molecule has 3 rings (SSSR count). The Morgan fingerprint density at radius 1 is 0.900 bits per heavy atom. The minimum absolute atomic E-state index is 0.524. The van der Waals surface area contributed by atoms with Crippen LogP contribution in [0.3, 0.4) is 0 Å². The molecule has 0 aliphatic carbocycles. The summed E-state index contributed by atoms with van der Waals surface area (Å²) in [5.74, 6) is -1.68. The number of aryl methyl sites for hydroxylation is 2. The molecule has 30 heavy (non-hydrogen) atoms. The Morgan fingerprint density at radius 3 is 2.43 bits per heavy atom. The lowest BCUT2D eigenvalue weighted by Gasteiger charge is -2.13. The molecule has 2 amide bonds. The monoisotopic (exact) mass is 420 g/mol. The lowest BCUT2D eigenvalue weighted by molar-refractivity contribution is -0.136. The highest BCUT2D eigenvalue weighted by atomic mass is 35.5. The van der Waals surface area contributed by atoms with Gasteiger partial charge in [-0.3, -0.25) is 9.59 Å². The van der Waals surface area contributed by atoms with Crippen molar-refractivity contribution in [3.63, 3.8) is 0 Å². The highest BCUT2D eigenvalue weighted by Crippen LogP contribution is 2.26. The maximum absolute atomic E-state index is 12.0. The normalized spacial score (nSPS) is 10.6. The summed E-state index contributed by atoms with van der Waals surface area (Å²) in [5.41, 5.74) is 7.35. The Labute approximate surface area is 180 Å². The minimum Gasteiger partial charge on any atom is -0.355 e. The SMILES string of the molecule is Cc1ccc(C)c(Nc2ccc(Cl)cc2/C=N\NC(=O)C(=O)Nc2ccccc2)c1. The molecule has 0 saturated heterocycles. The minimum atomic E-state index is -0.874. The topological polar surface area (TPSA) is 82.6 Å². The fourth-order valence-corrected chi connectivity index (χ4v) is 2.87. The van der Waals surface area contributed by atoms with E-state index in [9.17, 15) is 9.59 Å². The zero-order valence-corrected chi connectivity index (χ0v) is 17.3. The summed E-state index contributed by atoms with van der Waals surface area (Å²) in [5, 5.41) is 10.3. The van der Waals surface area contributed by atoms with Gasteiger partial charge in [-0.25, -0.2) is 5.43 Å². The van der Waals surface area contributed by atoms with Gasteiger partial charge in [0, 0.05) is 27.6 Å². The first-order chi connectivity index (χ1) is 14.4. The predicted molar refractivity (Wildman–Crippen MR) is 121 cm³/mol. The molecular weight excluding hydrogens is 400 g/mol. The van der Waals surface area contributed by atoms with Gasteiger partial charge in [-0.15, -0.1) is 0 Å². The third-order valence-electron chi connectivity index (χ3n) is 4.28. The first kappa shape index (κ1) is 21.1. The summed E-state index contributed by atoms with van der Waals surface area (Å²) in [4.78, 5) is 23.9. The van der Waals surface area contributed by atoms with Crippen LogP contribution >= 0.6 is 11.6 Å². The van der Waals surface area contributed by atoms with Gasteiger partial charge in [-0.2, -0.15) is 5.10 Å². The number of benzene rings is 3. The van der Waals surface area contributed by atoms with Crippen LogP contribution < -0.4 is 16.1 Å². The molecular formula is C23H21ClN4O2. The van der Waals surface area contributed by atoms with Crippen molar-refractivity contribution >= 4 is 46.7 Å². The summed E-state index contributed by atoms with van der Waals surface area (Å²) in [6, 6.07) is 20.1. The number of para-hydroxylation sites is 1. The first-order valence-corrected chi connectivity index (χ1v) is 9.63. The summed E-state index contributed by atoms with van der Waals surface area (Å²) in [6.07, 6.45) is 1.44. The summed E-state index contributed by atoms with van der Waals surface area (Å²) >= 11 is 6.12. The number of rotatable bonds is 5. The number of anilines is 3. The molecule has 0 spiro atoms. The molecule has 0 unspecified atom stereocenters. The third-order valence-corrected chi connectivity index (χ3v) is 4.52. The van der Waals surface area contributed by atoms with Gasteiger partial charge in [0.05, 0.1) is 6.21 Å². The third kappa shape index (κ3) is 5.68. The Morgan fingerprint density at radius 2 is 1.67 bits per heavy atom. The van der Waals surface area contributed by atoms with E-state index in [1.54, 1.807) is 36.4 Å². The summed E-state index contributed by atoms with van der Waals surface area (Å²) < 4.78 is 0. The molecule has 152 valence electrons. The van der Waals surface area contributed by atoms with Crippen LogP contribution in [0.4, 0.5) is 17.1 Å². The van der Waals surface area contributed by atoms with Crippen LogP contribution in [0.1, 0.15) is 16.7 Å². The van der Waals surface area contributed by atoms with E-state index in [0.29, 0.717) is 16.3 Å². The van der Waals surface area contributed by atoms with Crippen molar-refractivity contribution in [1.29, 1.82) is 0 Å². The maximum Gasteiger partial charge on any atom is 0.329 e. The van der Waals surface area contributed by atoms with E-state index in [-0.39, 0.29) is 0 Å². The second kappa shape index (κ2) is 9.71. The summed E-state index contributed by atoms with van der Waals surface area (Å²) in [6.45, 7) is 4.03. The number of amides is 2. The van der Waals surface area contributed by atoms with E-state index < -0.39 is 11.8 Å². The van der Waals surface area contributed by atoms with Crippen LogP contribution in [0.2, 0.25) is 5.02 Å². The van der Waals surface area contributed by atoms with Gasteiger partial charge in [0.15, 0.2) is 0 Å². The van der Waals surface area contributed by atoms with E-state index in [4.69, 9.17) is 11.6 Å². The molecule has 0 radical (unpaired) electrons. The molecule has 0 bridgehead atoms. The molecule has 3 aromatic rings. The number of carbonyl (C=O) groups is 2. The molecule has 0 fully saturated rings. The van der Waals surface area contributed by atoms with Crippen LogP contribution in [0.5, 0.6) is 0 Å².